The van der Waals surface area contributed by atoms with Gasteiger partial charge in [-0.3, -0.25) is 18.3 Å². The molecule has 12 heteroatoms. The van der Waals surface area contributed by atoms with Gasteiger partial charge in [-0.2, -0.15) is 0 Å². The minimum absolute atomic E-state index is 0.194. The summed E-state index contributed by atoms with van der Waals surface area (Å²) in [7, 11) is -0.576. The van der Waals surface area contributed by atoms with Gasteiger partial charge >= 0.3 is 0 Å². The molecule has 2 amide bonds. The molecule has 4 heterocycles. The van der Waals surface area contributed by atoms with Crippen LogP contribution in [-0.2, 0) is 10.0 Å². The van der Waals surface area contributed by atoms with Gasteiger partial charge in [0.15, 0.2) is 0 Å². The lowest BCUT2D eigenvalue weighted by atomic mass is 9.88. The van der Waals surface area contributed by atoms with Crippen molar-refractivity contribution in [2.75, 3.05) is 37.7 Å². The van der Waals surface area contributed by atoms with Crippen LogP contribution in [0, 0.1) is 6.92 Å². The molecule has 10 nitrogen and oxygen atoms in total. The Morgan fingerprint density at radius 1 is 1.14 bits per heavy atom. The first-order valence-corrected chi connectivity index (χ1v) is 16.9. The van der Waals surface area contributed by atoms with Gasteiger partial charge in [-0.15, -0.1) is 0 Å². The Morgan fingerprint density at radius 3 is 2.57 bits per heavy atom. The fourth-order valence-corrected chi connectivity index (χ4v) is 6.80. The number of hydrogen-bond acceptors (Lipinski definition) is 6. The third-order valence-electron chi connectivity index (χ3n) is 8.25. The lowest BCUT2D eigenvalue weighted by Gasteiger charge is -2.34. The van der Waals surface area contributed by atoms with Crippen LogP contribution >= 0.6 is 15.9 Å². The molecule has 0 saturated carbocycles. The van der Waals surface area contributed by atoms with E-state index in [0.29, 0.717) is 52.4 Å². The number of anilines is 1. The SMILES string of the molecule is CNC(=O)c1c(-c2ccc(C)cc2)oc2cc(N(C)S(C)(=O)=O)c([C@H]3CCCN(C(=O)c4cn5c(Br)cccc5n4)C3)cc12. The second-order valence-electron chi connectivity index (χ2n) is 11.2. The van der Waals surface area contributed by atoms with Gasteiger partial charge in [-0.1, -0.05) is 35.9 Å². The topological polar surface area (TPSA) is 117 Å². The number of hydrogen-bond donors (Lipinski definition) is 1. The number of amides is 2. The highest BCUT2D eigenvalue weighted by Crippen LogP contribution is 2.42. The second-order valence-corrected chi connectivity index (χ2v) is 14.0. The molecule has 5 aromatic rings. The summed E-state index contributed by atoms with van der Waals surface area (Å²) < 4.78 is 35.7. The Hall–Kier alpha value is -4.16. The fraction of sp³-hybridized carbons (Fsp3) is 0.281. The Bertz CT molecular complexity index is 2030. The van der Waals surface area contributed by atoms with Crippen molar-refractivity contribution in [2.45, 2.75) is 25.7 Å². The molecule has 6 rings (SSSR count). The molecule has 1 aliphatic heterocycles. The number of carbonyl (C=O) groups is 2. The summed E-state index contributed by atoms with van der Waals surface area (Å²) in [5.74, 6) is -0.299. The molecule has 0 aliphatic carbocycles. The van der Waals surface area contributed by atoms with Crippen molar-refractivity contribution in [3.05, 3.63) is 87.8 Å². The maximum atomic E-state index is 13.7. The Labute approximate surface area is 263 Å². The van der Waals surface area contributed by atoms with Crippen LogP contribution in [0.3, 0.4) is 0 Å². The molecule has 0 spiro atoms. The van der Waals surface area contributed by atoms with E-state index in [0.717, 1.165) is 40.4 Å². The zero-order chi connectivity index (χ0) is 31.3. The van der Waals surface area contributed by atoms with Crippen molar-refractivity contribution in [3.8, 4) is 11.3 Å². The Balaban J connectivity index is 1.46. The lowest BCUT2D eigenvalue weighted by molar-refractivity contribution is 0.0702. The number of sulfonamides is 1. The first kappa shape index (κ1) is 29.9. The molecular formula is C32H32BrN5O5S. The number of imidazole rings is 1. The highest BCUT2D eigenvalue weighted by molar-refractivity contribution is 9.10. The van der Waals surface area contributed by atoms with E-state index in [1.165, 1.54) is 11.4 Å². The molecule has 1 fully saturated rings. The van der Waals surface area contributed by atoms with Crippen LogP contribution < -0.4 is 9.62 Å². The van der Waals surface area contributed by atoms with Crippen molar-refractivity contribution in [1.82, 2.24) is 19.6 Å². The smallest absolute Gasteiger partial charge is 0.274 e. The number of halogens is 1. The van der Waals surface area contributed by atoms with Gasteiger partial charge in [0.05, 0.1) is 22.1 Å². The van der Waals surface area contributed by atoms with E-state index >= 15 is 0 Å². The number of furan rings is 1. The summed E-state index contributed by atoms with van der Waals surface area (Å²) in [5.41, 5.74) is 4.74. The fourth-order valence-electron chi connectivity index (χ4n) is 5.84. The van der Waals surface area contributed by atoms with Crippen molar-refractivity contribution < 1.29 is 22.4 Å². The number of rotatable bonds is 6. The summed E-state index contributed by atoms with van der Waals surface area (Å²) in [4.78, 5) is 33.3. The minimum atomic E-state index is -3.64. The van der Waals surface area contributed by atoms with Gasteiger partial charge in [0.2, 0.25) is 10.0 Å². The predicted octanol–water partition coefficient (Wildman–Crippen LogP) is 5.59. The van der Waals surface area contributed by atoms with Crippen LogP contribution in [0.1, 0.15) is 50.7 Å². The summed E-state index contributed by atoms with van der Waals surface area (Å²) in [5, 5.41) is 3.30. The molecule has 44 heavy (non-hydrogen) atoms. The van der Waals surface area contributed by atoms with Gasteiger partial charge in [-0.25, -0.2) is 13.4 Å². The van der Waals surface area contributed by atoms with Crippen LogP contribution in [0.2, 0.25) is 0 Å². The summed E-state index contributed by atoms with van der Waals surface area (Å²) in [6, 6.07) is 16.8. The molecular weight excluding hydrogens is 646 g/mol. The Kier molecular flexibility index (Phi) is 7.75. The normalized spacial score (nSPS) is 15.6. The number of likely N-dealkylation sites (tertiary alicyclic amines) is 1. The predicted molar refractivity (Wildman–Crippen MR) is 174 cm³/mol. The molecule has 0 bridgehead atoms. The average Bonchev–Trinajstić information content (AvgIpc) is 3.62. The van der Waals surface area contributed by atoms with Gasteiger partial charge in [0.1, 0.15) is 22.7 Å². The van der Waals surface area contributed by atoms with Crippen LogP contribution in [0.4, 0.5) is 5.69 Å². The number of benzene rings is 2. The Morgan fingerprint density at radius 2 is 1.89 bits per heavy atom. The lowest BCUT2D eigenvalue weighted by Crippen LogP contribution is -2.39. The van der Waals surface area contributed by atoms with Crippen molar-refractivity contribution in [2.24, 2.45) is 0 Å². The molecule has 1 atom stereocenters. The molecule has 1 saturated heterocycles. The molecule has 3 aromatic heterocycles. The minimum Gasteiger partial charge on any atom is -0.455 e. The van der Waals surface area contributed by atoms with Gasteiger partial charge in [0, 0.05) is 56.3 Å². The maximum absolute atomic E-state index is 13.7. The number of nitrogens with one attached hydrogen (secondary N) is 1. The zero-order valence-electron chi connectivity index (χ0n) is 24.8. The number of nitrogens with zero attached hydrogens (tertiary/aromatic N) is 4. The first-order chi connectivity index (χ1) is 21.0. The number of piperidine rings is 1. The van der Waals surface area contributed by atoms with E-state index in [4.69, 9.17) is 4.42 Å². The number of carbonyl (C=O) groups excluding carboxylic acids is 2. The molecule has 0 unspecified atom stereocenters. The number of aryl methyl sites for hydroxylation is 1. The number of pyridine rings is 1. The van der Waals surface area contributed by atoms with Crippen molar-refractivity contribution in [3.63, 3.8) is 0 Å². The van der Waals surface area contributed by atoms with E-state index in [1.54, 1.807) is 24.2 Å². The summed E-state index contributed by atoms with van der Waals surface area (Å²) in [6.45, 7) is 2.90. The molecule has 1 N–H and O–H groups in total. The quantitative estimate of drug-likeness (QED) is 0.234. The average molecular weight is 679 g/mol. The molecule has 228 valence electrons. The van der Waals surface area contributed by atoms with E-state index in [-0.39, 0.29) is 17.7 Å². The van der Waals surface area contributed by atoms with E-state index < -0.39 is 10.0 Å². The highest BCUT2D eigenvalue weighted by Gasteiger charge is 2.32. The molecule has 1 aliphatic rings. The third-order valence-corrected chi connectivity index (χ3v) is 10.1. The van der Waals surface area contributed by atoms with Gasteiger partial charge in [0.25, 0.3) is 11.8 Å². The van der Waals surface area contributed by atoms with E-state index in [2.05, 4.69) is 26.2 Å². The standard InChI is InChI=1S/C32H32BrN5O5S/c1-19-10-12-20(13-11-19)30-29(31(39)34-2)23-15-22(25(16-26(23)43-30)36(3)44(4,41)42)21-7-6-14-37(17-21)32(40)24-18-38-27(33)8-5-9-28(38)35-24/h5,8-13,15-16,18,21H,6-7,14,17H2,1-4H3,(H,34,39)/t21-/m0/s1. The largest absolute Gasteiger partial charge is 0.455 e. The molecule has 2 aromatic carbocycles. The summed E-state index contributed by atoms with van der Waals surface area (Å²) in [6.07, 6.45) is 4.31. The zero-order valence-corrected chi connectivity index (χ0v) is 27.2. The number of aromatic nitrogens is 2. The van der Waals surface area contributed by atoms with E-state index in [9.17, 15) is 18.0 Å². The first-order valence-electron chi connectivity index (χ1n) is 14.2. The van der Waals surface area contributed by atoms with Crippen LogP contribution in [0.15, 0.2) is 69.8 Å². The maximum Gasteiger partial charge on any atom is 0.274 e. The third kappa shape index (κ3) is 5.36. The second kappa shape index (κ2) is 11.4. The summed E-state index contributed by atoms with van der Waals surface area (Å²) >= 11 is 3.50. The van der Waals surface area contributed by atoms with Gasteiger partial charge < -0.3 is 14.6 Å². The monoisotopic (exact) mass is 677 g/mol. The highest BCUT2D eigenvalue weighted by atomic mass is 79.9. The van der Waals surface area contributed by atoms with Gasteiger partial charge in [-0.05, 0) is 59.5 Å². The van der Waals surface area contributed by atoms with Crippen LogP contribution in [0.5, 0.6) is 0 Å². The molecule has 0 radical (unpaired) electrons. The van der Waals surface area contributed by atoms with Crippen molar-refractivity contribution in [1.29, 1.82) is 0 Å². The number of fused-ring (bicyclic) bond motifs is 2. The van der Waals surface area contributed by atoms with Crippen molar-refractivity contribution >= 4 is 60.1 Å². The van der Waals surface area contributed by atoms with Crippen LogP contribution in [-0.4, -0.2) is 68.0 Å². The van der Waals surface area contributed by atoms with Crippen LogP contribution in [0.25, 0.3) is 27.9 Å². The van der Waals surface area contributed by atoms with E-state index in [1.807, 2.05) is 59.9 Å².